The molecule has 5 nitrogen and oxygen atoms in total. The van der Waals surface area contributed by atoms with E-state index in [2.05, 4.69) is 9.80 Å². The minimum absolute atomic E-state index is 0.259. The summed E-state index contributed by atoms with van der Waals surface area (Å²) in [4.78, 5) is 15.2. The maximum Gasteiger partial charge on any atom is 0.303 e. The first-order chi connectivity index (χ1) is 10.6. The van der Waals surface area contributed by atoms with Crippen LogP contribution in [0.1, 0.15) is 12.8 Å². The Balaban J connectivity index is 1.57. The number of nitrogens with zero attached hydrogens (tertiary/aromatic N) is 2. The molecule has 1 aromatic rings. The van der Waals surface area contributed by atoms with Crippen LogP contribution in [0.25, 0.3) is 0 Å². The van der Waals surface area contributed by atoms with Crippen LogP contribution in [-0.2, 0) is 4.79 Å². The van der Waals surface area contributed by atoms with E-state index < -0.39 is 5.97 Å². The molecule has 0 saturated carbocycles. The lowest BCUT2D eigenvalue weighted by Crippen LogP contribution is -2.47. The van der Waals surface area contributed by atoms with Crippen LogP contribution in [0.3, 0.4) is 0 Å². The largest absolute Gasteiger partial charge is 0.492 e. The van der Waals surface area contributed by atoms with Crippen LogP contribution in [0.2, 0.25) is 5.02 Å². The second-order valence-corrected chi connectivity index (χ2v) is 5.92. The van der Waals surface area contributed by atoms with Crippen LogP contribution in [0.15, 0.2) is 24.3 Å². The minimum Gasteiger partial charge on any atom is -0.492 e. The molecule has 1 saturated heterocycles. The molecule has 0 aromatic heterocycles. The van der Waals surface area contributed by atoms with E-state index in [1.807, 2.05) is 24.3 Å². The lowest BCUT2D eigenvalue weighted by atomic mass is 10.2. The van der Waals surface area contributed by atoms with E-state index in [9.17, 15) is 4.79 Å². The molecule has 1 aliphatic heterocycles. The van der Waals surface area contributed by atoms with Gasteiger partial charge in [-0.25, -0.2) is 0 Å². The number of aliphatic carboxylic acids is 1. The van der Waals surface area contributed by atoms with Crippen LogP contribution >= 0.6 is 11.6 Å². The highest BCUT2D eigenvalue weighted by molar-refractivity contribution is 6.30. The summed E-state index contributed by atoms with van der Waals surface area (Å²) in [6, 6.07) is 7.41. The van der Waals surface area contributed by atoms with Gasteiger partial charge in [0.2, 0.25) is 0 Å². The predicted molar refractivity (Wildman–Crippen MR) is 86.7 cm³/mol. The van der Waals surface area contributed by atoms with Gasteiger partial charge in [-0.1, -0.05) is 11.6 Å². The van der Waals surface area contributed by atoms with Crippen LogP contribution in [0.5, 0.6) is 5.75 Å². The molecular formula is C16H23ClN2O3. The Labute approximate surface area is 136 Å². The molecule has 1 aromatic carbocycles. The van der Waals surface area contributed by atoms with Crippen molar-refractivity contribution >= 4 is 17.6 Å². The Kier molecular flexibility index (Phi) is 6.96. The Hall–Kier alpha value is -1.30. The highest BCUT2D eigenvalue weighted by atomic mass is 35.5. The molecule has 2 rings (SSSR count). The smallest absolute Gasteiger partial charge is 0.303 e. The second kappa shape index (κ2) is 8.98. The molecule has 0 aliphatic carbocycles. The van der Waals surface area contributed by atoms with E-state index in [0.29, 0.717) is 11.6 Å². The van der Waals surface area contributed by atoms with Crippen molar-refractivity contribution < 1.29 is 14.6 Å². The minimum atomic E-state index is -0.710. The van der Waals surface area contributed by atoms with Crippen LogP contribution < -0.4 is 4.74 Å². The van der Waals surface area contributed by atoms with Gasteiger partial charge in [0.25, 0.3) is 0 Å². The van der Waals surface area contributed by atoms with Gasteiger partial charge >= 0.3 is 5.97 Å². The zero-order valence-corrected chi connectivity index (χ0v) is 13.5. The Morgan fingerprint density at radius 3 is 2.27 bits per heavy atom. The van der Waals surface area contributed by atoms with Gasteiger partial charge in [-0.05, 0) is 37.2 Å². The quantitative estimate of drug-likeness (QED) is 0.793. The van der Waals surface area contributed by atoms with Gasteiger partial charge in [-0.2, -0.15) is 0 Å². The fourth-order valence-electron chi connectivity index (χ4n) is 2.51. The van der Waals surface area contributed by atoms with E-state index in [0.717, 1.165) is 51.4 Å². The van der Waals surface area contributed by atoms with Crippen LogP contribution in [0.4, 0.5) is 0 Å². The number of hydrogen-bond donors (Lipinski definition) is 1. The summed E-state index contributed by atoms with van der Waals surface area (Å²) in [5.74, 6) is 0.134. The second-order valence-electron chi connectivity index (χ2n) is 5.48. The van der Waals surface area contributed by atoms with Gasteiger partial charge in [-0.3, -0.25) is 9.69 Å². The molecule has 1 aliphatic rings. The van der Waals surface area contributed by atoms with Crippen molar-refractivity contribution in [2.24, 2.45) is 0 Å². The van der Waals surface area contributed by atoms with Crippen molar-refractivity contribution in [3.63, 3.8) is 0 Å². The molecule has 0 bridgehead atoms. The number of ether oxygens (including phenoxy) is 1. The molecule has 1 heterocycles. The van der Waals surface area contributed by atoms with Gasteiger partial charge in [-0.15, -0.1) is 0 Å². The third-order valence-corrected chi connectivity index (χ3v) is 4.07. The lowest BCUT2D eigenvalue weighted by molar-refractivity contribution is -0.137. The SMILES string of the molecule is O=C(O)CCCN1CCN(CCOc2ccc(Cl)cc2)CC1. The summed E-state index contributed by atoms with van der Waals surface area (Å²) in [5.41, 5.74) is 0. The van der Waals surface area contributed by atoms with E-state index in [4.69, 9.17) is 21.4 Å². The molecule has 1 N–H and O–H groups in total. The fourth-order valence-corrected chi connectivity index (χ4v) is 2.64. The summed E-state index contributed by atoms with van der Waals surface area (Å²) in [5, 5.41) is 9.36. The molecule has 0 spiro atoms. The number of benzene rings is 1. The highest BCUT2D eigenvalue weighted by Gasteiger charge is 2.16. The van der Waals surface area contributed by atoms with E-state index in [1.165, 1.54) is 0 Å². The van der Waals surface area contributed by atoms with E-state index in [-0.39, 0.29) is 6.42 Å². The molecule has 0 atom stereocenters. The van der Waals surface area contributed by atoms with Crippen molar-refractivity contribution in [1.82, 2.24) is 9.80 Å². The molecule has 0 amide bonds. The zero-order chi connectivity index (χ0) is 15.8. The van der Waals surface area contributed by atoms with Gasteiger partial charge in [0.05, 0.1) is 0 Å². The molecule has 0 unspecified atom stereocenters. The number of carbonyl (C=O) groups is 1. The van der Waals surface area contributed by atoms with Gasteiger partial charge < -0.3 is 14.7 Å². The maximum absolute atomic E-state index is 10.5. The molecule has 22 heavy (non-hydrogen) atoms. The Bertz CT molecular complexity index is 459. The van der Waals surface area contributed by atoms with Crippen molar-refractivity contribution in [3.8, 4) is 5.75 Å². The zero-order valence-electron chi connectivity index (χ0n) is 12.7. The first-order valence-electron chi connectivity index (χ1n) is 7.68. The summed E-state index contributed by atoms with van der Waals surface area (Å²) in [7, 11) is 0. The predicted octanol–water partition coefficient (Wildman–Crippen LogP) is 2.20. The van der Waals surface area contributed by atoms with Gasteiger partial charge in [0.15, 0.2) is 0 Å². The van der Waals surface area contributed by atoms with Crippen molar-refractivity contribution in [2.45, 2.75) is 12.8 Å². The lowest BCUT2D eigenvalue weighted by Gasteiger charge is -2.34. The number of rotatable bonds is 8. The normalized spacial score (nSPS) is 16.6. The average Bonchev–Trinajstić information content (AvgIpc) is 2.50. The number of carboxylic acid groups (broad SMARTS) is 1. The standard InChI is InChI=1S/C16H23ClN2O3/c17-14-3-5-15(6-4-14)22-13-12-19-10-8-18(9-11-19)7-1-2-16(20)21/h3-6H,1-2,7-13H2,(H,20,21). The van der Waals surface area contributed by atoms with Crippen LogP contribution in [0, 0.1) is 0 Å². The molecule has 1 fully saturated rings. The Morgan fingerprint density at radius 1 is 1.09 bits per heavy atom. The number of halogens is 1. The monoisotopic (exact) mass is 326 g/mol. The Morgan fingerprint density at radius 2 is 1.68 bits per heavy atom. The topological polar surface area (TPSA) is 53.0 Å². The number of carboxylic acids is 1. The van der Waals surface area contributed by atoms with Crippen molar-refractivity contribution in [3.05, 3.63) is 29.3 Å². The fraction of sp³-hybridized carbons (Fsp3) is 0.562. The summed E-state index contributed by atoms with van der Waals surface area (Å²) in [6.45, 7) is 6.48. The number of piperazine rings is 1. The van der Waals surface area contributed by atoms with Crippen molar-refractivity contribution in [1.29, 1.82) is 0 Å². The third kappa shape index (κ3) is 6.22. The number of hydrogen-bond acceptors (Lipinski definition) is 4. The highest BCUT2D eigenvalue weighted by Crippen LogP contribution is 2.15. The first-order valence-corrected chi connectivity index (χ1v) is 8.06. The molecule has 0 radical (unpaired) electrons. The average molecular weight is 327 g/mol. The first kappa shape index (κ1) is 17.1. The summed E-state index contributed by atoms with van der Waals surface area (Å²) in [6.07, 6.45) is 0.990. The third-order valence-electron chi connectivity index (χ3n) is 3.82. The van der Waals surface area contributed by atoms with Gasteiger partial charge in [0.1, 0.15) is 12.4 Å². The van der Waals surface area contributed by atoms with Crippen LogP contribution in [-0.4, -0.2) is 66.8 Å². The van der Waals surface area contributed by atoms with E-state index in [1.54, 1.807) is 0 Å². The maximum atomic E-state index is 10.5. The van der Waals surface area contributed by atoms with Gasteiger partial charge in [0, 0.05) is 44.2 Å². The molecule has 6 heteroatoms. The molecule has 122 valence electrons. The summed E-state index contributed by atoms with van der Waals surface area (Å²) < 4.78 is 5.70. The summed E-state index contributed by atoms with van der Waals surface area (Å²) >= 11 is 5.83. The molecular weight excluding hydrogens is 304 g/mol. The van der Waals surface area contributed by atoms with E-state index >= 15 is 0 Å². The van der Waals surface area contributed by atoms with Crippen molar-refractivity contribution in [2.75, 3.05) is 45.9 Å².